The van der Waals surface area contributed by atoms with Gasteiger partial charge in [-0.25, -0.2) is 4.79 Å². The summed E-state index contributed by atoms with van der Waals surface area (Å²) in [6.07, 6.45) is 2.47. The molecular formula is C21H34N4O2. The highest BCUT2D eigenvalue weighted by Gasteiger charge is 2.30. The van der Waals surface area contributed by atoms with Crippen LogP contribution in [0.25, 0.3) is 0 Å². The molecule has 1 fully saturated rings. The van der Waals surface area contributed by atoms with Crippen LogP contribution >= 0.6 is 0 Å². The number of nitrogens with one attached hydrogen (secondary N) is 1. The Bertz CT molecular complexity index is 647. The summed E-state index contributed by atoms with van der Waals surface area (Å²) >= 11 is 0. The van der Waals surface area contributed by atoms with Gasteiger partial charge in [-0.2, -0.15) is 0 Å². The van der Waals surface area contributed by atoms with Gasteiger partial charge in [0, 0.05) is 38.4 Å². The van der Waals surface area contributed by atoms with Gasteiger partial charge in [-0.05, 0) is 49.8 Å². The number of hydrogen-bond acceptors (Lipinski definition) is 3. The van der Waals surface area contributed by atoms with Gasteiger partial charge in [0.1, 0.15) is 0 Å². The molecule has 0 radical (unpaired) electrons. The zero-order chi connectivity index (χ0) is 20.0. The number of carbonyl (C=O) groups is 2. The monoisotopic (exact) mass is 374 g/mol. The number of carbonyl (C=O) groups excluding carboxylic acids is 2. The van der Waals surface area contributed by atoms with Crippen molar-refractivity contribution in [1.82, 2.24) is 9.80 Å². The van der Waals surface area contributed by atoms with Gasteiger partial charge in [0.15, 0.2) is 0 Å². The zero-order valence-corrected chi connectivity index (χ0v) is 17.1. The lowest BCUT2D eigenvalue weighted by atomic mass is 9.96. The second-order valence-corrected chi connectivity index (χ2v) is 8.04. The minimum absolute atomic E-state index is 0.100. The van der Waals surface area contributed by atoms with Crippen LogP contribution in [-0.4, -0.2) is 54.5 Å². The molecule has 3 N–H and O–H groups in total. The largest absolute Gasteiger partial charge is 0.345 e. The van der Waals surface area contributed by atoms with Crippen LogP contribution in [0, 0.1) is 18.8 Å². The SMILES string of the molecule is Cc1cccc(NC(=O)N2CCCC(C(=O)N(C)CCC(N)C(C)C)C2)c1. The second kappa shape index (κ2) is 9.74. The summed E-state index contributed by atoms with van der Waals surface area (Å²) in [5, 5.41) is 2.94. The highest BCUT2D eigenvalue weighted by molar-refractivity contribution is 5.90. The lowest BCUT2D eigenvalue weighted by Gasteiger charge is -2.34. The Morgan fingerprint density at radius 1 is 1.37 bits per heavy atom. The normalized spacial score (nSPS) is 18.3. The highest BCUT2D eigenvalue weighted by atomic mass is 16.2. The van der Waals surface area contributed by atoms with Crippen molar-refractivity contribution < 1.29 is 9.59 Å². The van der Waals surface area contributed by atoms with Gasteiger partial charge in [0.05, 0.1) is 5.92 Å². The van der Waals surface area contributed by atoms with E-state index in [-0.39, 0.29) is 23.9 Å². The van der Waals surface area contributed by atoms with Gasteiger partial charge in [-0.3, -0.25) is 4.79 Å². The van der Waals surface area contributed by atoms with Crippen LogP contribution in [0.5, 0.6) is 0 Å². The third kappa shape index (κ3) is 6.24. The van der Waals surface area contributed by atoms with E-state index in [1.165, 1.54) is 0 Å². The molecule has 6 heteroatoms. The van der Waals surface area contributed by atoms with Crippen molar-refractivity contribution in [2.24, 2.45) is 17.6 Å². The molecule has 1 heterocycles. The molecule has 1 aromatic rings. The molecule has 0 bridgehead atoms. The second-order valence-electron chi connectivity index (χ2n) is 8.04. The molecular weight excluding hydrogens is 340 g/mol. The number of hydrogen-bond donors (Lipinski definition) is 2. The topological polar surface area (TPSA) is 78.7 Å². The first-order valence-corrected chi connectivity index (χ1v) is 9.91. The lowest BCUT2D eigenvalue weighted by molar-refractivity contribution is -0.135. The van der Waals surface area contributed by atoms with Crippen molar-refractivity contribution in [3.05, 3.63) is 29.8 Å². The molecule has 2 rings (SSSR count). The van der Waals surface area contributed by atoms with E-state index in [1.807, 2.05) is 38.2 Å². The molecule has 1 aliphatic rings. The fourth-order valence-electron chi connectivity index (χ4n) is 3.39. The van der Waals surface area contributed by atoms with Gasteiger partial charge in [0.25, 0.3) is 0 Å². The van der Waals surface area contributed by atoms with Gasteiger partial charge in [-0.15, -0.1) is 0 Å². The van der Waals surface area contributed by atoms with E-state index >= 15 is 0 Å². The van der Waals surface area contributed by atoms with Gasteiger partial charge < -0.3 is 20.9 Å². The fourth-order valence-corrected chi connectivity index (χ4v) is 3.39. The predicted molar refractivity (Wildman–Crippen MR) is 110 cm³/mol. The molecule has 2 unspecified atom stereocenters. The van der Waals surface area contributed by atoms with Gasteiger partial charge in [0.2, 0.25) is 5.91 Å². The maximum Gasteiger partial charge on any atom is 0.321 e. The zero-order valence-electron chi connectivity index (χ0n) is 17.1. The number of benzene rings is 1. The summed E-state index contributed by atoms with van der Waals surface area (Å²) in [6, 6.07) is 7.70. The highest BCUT2D eigenvalue weighted by Crippen LogP contribution is 2.20. The van der Waals surface area contributed by atoms with E-state index in [4.69, 9.17) is 5.73 Å². The molecule has 3 amide bonds. The van der Waals surface area contributed by atoms with Crippen LogP contribution in [-0.2, 0) is 4.79 Å². The van der Waals surface area contributed by atoms with E-state index in [0.717, 1.165) is 30.5 Å². The maximum absolute atomic E-state index is 12.8. The molecule has 2 atom stereocenters. The molecule has 27 heavy (non-hydrogen) atoms. The van der Waals surface area contributed by atoms with E-state index in [2.05, 4.69) is 19.2 Å². The average molecular weight is 375 g/mol. The average Bonchev–Trinajstić information content (AvgIpc) is 2.65. The summed E-state index contributed by atoms with van der Waals surface area (Å²) in [4.78, 5) is 28.9. The molecule has 1 aromatic carbocycles. The Hall–Kier alpha value is -2.08. The Morgan fingerprint density at radius 2 is 2.11 bits per heavy atom. The van der Waals surface area contributed by atoms with Crippen molar-refractivity contribution in [3.63, 3.8) is 0 Å². The van der Waals surface area contributed by atoms with Gasteiger partial charge in [-0.1, -0.05) is 26.0 Å². The first kappa shape index (κ1) is 21.2. The molecule has 0 spiro atoms. The summed E-state index contributed by atoms with van der Waals surface area (Å²) in [5.74, 6) is 0.380. The molecule has 6 nitrogen and oxygen atoms in total. The number of piperidine rings is 1. The van der Waals surface area contributed by atoms with Crippen LogP contribution in [0.3, 0.4) is 0 Å². The smallest absolute Gasteiger partial charge is 0.321 e. The third-order valence-electron chi connectivity index (χ3n) is 5.36. The maximum atomic E-state index is 12.8. The van der Waals surface area contributed by atoms with E-state index in [1.54, 1.807) is 9.80 Å². The number of urea groups is 1. The van der Waals surface area contributed by atoms with Gasteiger partial charge >= 0.3 is 6.03 Å². The number of likely N-dealkylation sites (tertiary alicyclic amines) is 1. The molecule has 1 saturated heterocycles. The first-order chi connectivity index (χ1) is 12.8. The summed E-state index contributed by atoms with van der Waals surface area (Å²) in [6.45, 7) is 7.99. The third-order valence-corrected chi connectivity index (χ3v) is 5.36. The lowest BCUT2D eigenvalue weighted by Crippen LogP contribution is -2.47. The molecule has 0 saturated carbocycles. The standard InChI is InChI=1S/C21H34N4O2/c1-15(2)19(22)10-12-24(4)20(26)17-8-6-11-25(14-17)21(27)23-18-9-5-7-16(3)13-18/h5,7,9,13,15,17,19H,6,8,10-12,14,22H2,1-4H3,(H,23,27). The molecule has 0 aromatic heterocycles. The molecule has 150 valence electrons. The number of anilines is 1. The predicted octanol–water partition coefficient (Wildman–Crippen LogP) is 3.07. The van der Waals surface area contributed by atoms with Crippen LogP contribution < -0.4 is 11.1 Å². The van der Waals surface area contributed by atoms with Crippen LogP contribution in [0.15, 0.2) is 24.3 Å². The summed E-state index contributed by atoms with van der Waals surface area (Å²) in [5.41, 5.74) is 7.97. The Balaban J connectivity index is 1.88. The fraction of sp³-hybridized carbons (Fsp3) is 0.619. The summed E-state index contributed by atoms with van der Waals surface area (Å²) in [7, 11) is 1.83. The van der Waals surface area contributed by atoms with E-state index < -0.39 is 0 Å². The van der Waals surface area contributed by atoms with Crippen molar-refractivity contribution in [2.75, 3.05) is 32.0 Å². The van der Waals surface area contributed by atoms with Crippen LogP contribution in [0.2, 0.25) is 0 Å². The van der Waals surface area contributed by atoms with E-state index in [0.29, 0.717) is 25.6 Å². The summed E-state index contributed by atoms with van der Waals surface area (Å²) < 4.78 is 0. The Kier molecular flexibility index (Phi) is 7.66. The number of amides is 3. The van der Waals surface area contributed by atoms with Crippen LogP contribution in [0.4, 0.5) is 10.5 Å². The Labute approximate surface area is 163 Å². The van der Waals surface area contributed by atoms with Crippen molar-refractivity contribution in [1.29, 1.82) is 0 Å². The number of aryl methyl sites for hydroxylation is 1. The van der Waals surface area contributed by atoms with E-state index in [9.17, 15) is 9.59 Å². The first-order valence-electron chi connectivity index (χ1n) is 9.91. The van der Waals surface area contributed by atoms with Crippen molar-refractivity contribution in [2.45, 2.75) is 46.1 Å². The Morgan fingerprint density at radius 3 is 2.78 bits per heavy atom. The quantitative estimate of drug-likeness (QED) is 0.803. The minimum atomic E-state index is -0.137. The van der Waals surface area contributed by atoms with Crippen molar-refractivity contribution in [3.8, 4) is 0 Å². The van der Waals surface area contributed by atoms with Crippen molar-refractivity contribution >= 4 is 17.6 Å². The number of rotatable bonds is 6. The van der Waals surface area contributed by atoms with Crippen LogP contribution in [0.1, 0.15) is 38.7 Å². The number of nitrogens with two attached hydrogens (primary N) is 1. The molecule has 1 aliphatic heterocycles. The molecule has 0 aliphatic carbocycles. The number of nitrogens with zero attached hydrogens (tertiary/aromatic N) is 2. The minimum Gasteiger partial charge on any atom is -0.345 e.